The molecule has 1 rings (SSSR count). The number of alkyl halides is 1. The van der Waals surface area contributed by atoms with Crippen molar-refractivity contribution in [3.63, 3.8) is 0 Å². The van der Waals surface area contributed by atoms with Gasteiger partial charge in [-0.1, -0.05) is 6.08 Å². The smallest absolute Gasteiger partial charge is 0.258 e. The average Bonchev–Trinajstić information content (AvgIpc) is 2.05. The van der Waals surface area contributed by atoms with Crippen LogP contribution in [0, 0.1) is 16.0 Å². The van der Waals surface area contributed by atoms with E-state index >= 15 is 0 Å². The Morgan fingerprint density at radius 1 is 1.82 bits per heavy atom. The van der Waals surface area contributed by atoms with E-state index in [0.717, 1.165) is 6.42 Å². The molecule has 1 aliphatic carbocycles. The third-order valence-electron chi connectivity index (χ3n) is 1.54. The topological polar surface area (TPSA) is 43.1 Å². The molecule has 0 aromatic carbocycles. The first-order valence-electron chi connectivity index (χ1n) is 3.32. The van der Waals surface area contributed by atoms with Crippen molar-refractivity contribution in [2.24, 2.45) is 5.92 Å². The van der Waals surface area contributed by atoms with Crippen LogP contribution in [0.1, 0.15) is 6.42 Å². The van der Waals surface area contributed by atoms with Gasteiger partial charge in [-0.15, -0.1) is 11.6 Å². The number of allylic oxidation sites excluding steroid dienone is 3. The Bertz CT molecular complexity index is 222. The van der Waals surface area contributed by atoms with Crippen molar-refractivity contribution < 1.29 is 4.92 Å². The van der Waals surface area contributed by atoms with Crippen LogP contribution in [0.5, 0.6) is 0 Å². The largest absolute Gasteiger partial charge is 0.265 e. The van der Waals surface area contributed by atoms with Gasteiger partial charge in [-0.25, -0.2) is 0 Å². The summed E-state index contributed by atoms with van der Waals surface area (Å²) >= 11 is 5.55. The fourth-order valence-electron chi connectivity index (χ4n) is 0.958. The van der Waals surface area contributed by atoms with E-state index in [1.54, 1.807) is 12.2 Å². The van der Waals surface area contributed by atoms with Crippen LogP contribution in [0.15, 0.2) is 23.9 Å². The minimum Gasteiger partial charge on any atom is -0.258 e. The van der Waals surface area contributed by atoms with E-state index in [-0.39, 0.29) is 11.6 Å². The van der Waals surface area contributed by atoms with Crippen LogP contribution in [0.4, 0.5) is 0 Å². The lowest BCUT2D eigenvalue weighted by Gasteiger charge is -2.07. The van der Waals surface area contributed by atoms with Gasteiger partial charge >= 0.3 is 0 Å². The van der Waals surface area contributed by atoms with Gasteiger partial charge in [0.1, 0.15) is 0 Å². The molecule has 60 valence electrons. The second-order valence-corrected chi connectivity index (χ2v) is 2.71. The lowest BCUT2D eigenvalue weighted by Crippen LogP contribution is -2.06. The van der Waals surface area contributed by atoms with Crippen molar-refractivity contribution >= 4 is 11.6 Å². The molecule has 11 heavy (non-hydrogen) atoms. The molecule has 1 aliphatic rings. The van der Waals surface area contributed by atoms with E-state index in [1.807, 2.05) is 0 Å². The standard InChI is InChI=1S/C7H8ClNO2/c8-5-6-2-1-3-7(4-6)9(10)11/h1,3-4,6H,2,5H2. The van der Waals surface area contributed by atoms with Crippen molar-refractivity contribution in [1.82, 2.24) is 0 Å². The zero-order chi connectivity index (χ0) is 8.27. The highest BCUT2D eigenvalue weighted by atomic mass is 35.5. The molecule has 0 amide bonds. The van der Waals surface area contributed by atoms with Crippen molar-refractivity contribution in [3.8, 4) is 0 Å². The number of hydrogen-bond acceptors (Lipinski definition) is 2. The van der Waals surface area contributed by atoms with Gasteiger partial charge in [0.25, 0.3) is 5.70 Å². The monoisotopic (exact) mass is 173 g/mol. The Labute approximate surface area is 69.5 Å². The van der Waals surface area contributed by atoms with Crippen LogP contribution in [0.3, 0.4) is 0 Å². The van der Waals surface area contributed by atoms with E-state index in [9.17, 15) is 10.1 Å². The summed E-state index contributed by atoms with van der Waals surface area (Å²) in [5.74, 6) is 0.573. The summed E-state index contributed by atoms with van der Waals surface area (Å²) in [5, 5.41) is 10.3. The van der Waals surface area contributed by atoms with Crippen LogP contribution < -0.4 is 0 Å². The van der Waals surface area contributed by atoms with E-state index < -0.39 is 4.92 Å². The molecular formula is C7H8ClNO2. The van der Waals surface area contributed by atoms with Gasteiger partial charge in [0, 0.05) is 17.9 Å². The second kappa shape index (κ2) is 3.53. The van der Waals surface area contributed by atoms with E-state index in [4.69, 9.17) is 11.6 Å². The summed E-state index contributed by atoms with van der Waals surface area (Å²) in [4.78, 5) is 9.87. The Kier molecular flexibility index (Phi) is 2.65. The van der Waals surface area contributed by atoms with Gasteiger partial charge in [0.15, 0.2) is 0 Å². The molecule has 1 unspecified atom stereocenters. The number of rotatable bonds is 2. The van der Waals surface area contributed by atoms with Gasteiger partial charge in [-0.3, -0.25) is 10.1 Å². The fraction of sp³-hybridized carbons (Fsp3) is 0.429. The summed E-state index contributed by atoms with van der Waals surface area (Å²) < 4.78 is 0. The molecule has 0 bridgehead atoms. The van der Waals surface area contributed by atoms with E-state index in [0.29, 0.717) is 5.88 Å². The van der Waals surface area contributed by atoms with Gasteiger partial charge < -0.3 is 0 Å². The van der Waals surface area contributed by atoms with Gasteiger partial charge in [0.2, 0.25) is 0 Å². The quantitative estimate of drug-likeness (QED) is 0.364. The van der Waals surface area contributed by atoms with Crippen molar-refractivity contribution in [2.45, 2.75) is 6.42 Å². The van der Waals surface area contributed by atoms with Crippen LogP contribution in [-0.2, 0) is 0 Å². The molecule has 3 nitrogen and oxygen atoms in total. The molecule has 0 N–H and O–H groups in total. The molecular weight excluding hydrogens is 166 g/mol. The second-order valence-electron chi connectivity index (χ2n) is 2.40. The summed E-state index contributed by atoms with van der Waals surface area (Å²) in [6.07, 6.45) is 5.71. The predicted molar refractivity (Wildman–Crippen MR) is 43.0 cm³/mol. The van der Waals surface area contributed by atoms with Gasteiger partial charge in [-0.2, -0.15) is 0 Å². The molecule has 0 heterocycles. The maximum Gasteiger partial charge on any atom is 0.265 e. The zero-order valence-corrected chi connectivity index (χ0v) is 6.62. The molecule has 0 fully saturated rings. The first-order chi connectivity index (χ1) is 5.24. The molecule has 0 radical (unpaired) electrons. The van der Waals surface area contributed by atoms with Crippen LogP contribution >= 0.6 is 11.6 Å². The van der Waals surface area contributed by atoms with E-state index in [1.165, 1.54) is 6.08 Å². The third kappa shape index (κ3) is 2.05. The first-order valence-corrected chi connectivity index (χ1v) is 3.86. The molecule has 0 saturated carbocycles. The third-order valence-corrected chi connectivity index (χ3v) is 1.94. The van der Waals surface area contributed by atoms with Crippen molar-refractivity contribution in [1.29, 1.82) is 0 Å². The molecule has 0 aromatic heterocycles. The SMILES string of the molecule is O=[N+]([O-])C1=CC(CCl)CC=C1. The van der Waals surface area contributed by atoms with Crippen molar-refractivity contribution in [3.05, 3.63) is 34.0 Å². The van der Waals surface area contributed by atoms with Crippen molar-refractivity contribution in [2.75, 3.05) is 5.88 Å². The highest BCUT2D eigenvalue weighted by Gasteiger charge is 2.14. The first kappa shape index (κ1) is 8.27. The molecule has 1 atom stereocenters. The molecule has 0 aliphatic heterocycles. The maximum atomic E-state index is 10.3. The highest BCUT2D eigenvalue weighted by Crippen LogP contribution is 2.17. The maximum absolute atomic E-state index is 10.3. The normalized spacial score (nSPS) is 23.0. The molecule has 0 aromatic rings. The Balaban J connectivity index is 2.71. The molecule has 0 spiro atoms. The van der Waals surface area contributed by atoms with Crippen LogP contribution in [0.25, 0.3) is 0 Å². The molecule has 0 saturated heterocycles. The Morgan fingerprint density at radius 2 is 2.55 bits per heavy atom. The van der Waals surface area contributed by atoms with Gasteiger partial charge in [-0.05, 0) is 12.5 Å². The van der Waals surface area contributed by atoms with E-state index in [2.05, 4.69) is 0 Å². The predicted octanol–water partition coefficient (Wildman–Crippen LogP) is 1.96. The highest BCUT2D eigenvalue weighted by molar-refractivity contribution is 6.18. The Hall–Kier alpha value is -0.830. The average molecular weight is 174 g/mol. The summed E-state index contributed by atoms with van der Waals surface area (Å²) in [6, 6.07) is 0. The summed E-state index contributed by atoms with van der Waals surface area (Å²) in [5.41, 5.74) is 0.155. The molecule has 4 heteroatoms. The number of nitrogens with zero attached hydrogens (tertiary/aromatic N) is 1. The fourth-order valence-corrected chi connectivity index (χ4v) is 1.17. The lowest BCUT2D eigenvalue weighted by molar-refractivity contribution is -0.419. The zero-order valence-electron chi connectivity index (χ0n) is 5.87. The summed E-state index contributed by atoms with van der Waals surface area (Å²) in [6.45, 7) is 0. The number of nitro groups is 1. The Morgan fingerprint density at radius 3 is 3.09 bits per heavy atom. The summed E-state index contributed by atoms with van der Waals surface area (Å²) in [7, 11) is 0. The van der Waals surface area contributed by atoms with Gasteiger partial charge in [0.05, 0.1) is 4.92 Å². The van der Waals surface area contributed by atoms with Crippen LogP contribution in [0.2, 0.25) is 0 Å². The lowest BCUT2D eigenvalue weighted by atomic mass is 10.0. The number of halogens is 1. The minimum absolute atomic E-state index is 0.127. The number of hydrogen-bond donors (Lipinski definition) is 0. The minimum atomic E-state index is -0.394. The van der Waals surface area contributed by atoms with Crippen LogP contribution in [-0.4, -0.2) is 10.8 Å².